The fourth-order valence-electron chi connectivity index (χ4n) is 2.08. The molecule has 1 unspecified atom stereocenters. The van der Waals surface area contributed by atoms with E-state index in [1.54, 1.807) is 0 Å². The zero-order chi connectivity index (χ0) is 14.0. The summed E-state index contributed by atoms with van der Waals surface area (Å²) >= 11 is 1.43. The molecule has 0 amide bonds. The number of aliphatic carboxylic acids is 1. The van der Waals surface area contributed by atoms with E-state index in [1.807, 2.05) is 0 Å². The molecule has 1 aromatic heterocycles. The van der Waals surface area contributed by atoms with Crippen LogP contribution < -0.4 is 5.32 Å². The molecule has 1 heterocycles. The Morgan fingerprint density at radius 1 is 1.58 bits per heavy atom. The number of nitrogens with zero attached hydrogens (tertiary/aromatic N) is 1. The van der Waals surface area contributed by atoms with Crippen molar-refractivity contribution in [3.05, 3.63) is 10.6 Å². The van der Waals surface area contributed by atoms with Gasteiger partial charge in [0, 0.05) is 17.7 Å². The fraction of sp³-hybridized carbons (Fsp3) is 0.636. The van der Waals surface area contributed by atoms with Gasteiger partial charge in [-0.15, -0.1) is 11.3 Å². The minimum atomic E-state index is -3.00. The van der Waals surface area contributed by atoms with Crippen LogP contribution in [0.4, 0.5) is 5.13 Å². The normalized spacial score (nSPS) is 18.9. The van der Waals surface area contributed by atoms with E-state index in [0.29, 0.717) is 23.8 Å². The third-order valence-corrected chi connectivity index (χ3v) is 5.04. The Labute approximate surface area is 115 Å². The van der Waals surface area contributed by atoms with Crippen LogP contribution in [0.3, 0.4) is 0 Å². The van der Waals surface area contributed by atoms with Gasteiger partial charge >= 0.3 is 5.97 Å². The number of anilines is 1. The first-order chi connectivity index (χ1) is 8.87. The van der Waals surface area contributed by atoms with Crippen LogP contribution in [0.25, 0.3) is 0 Å². The van der Waals surface area contributed by atoms with Crippen molar-refractivity contribution in [3.63, 3.8) is 0 Å². The van der Waals surface area contributed by atoms with Gasteiger partial charge < -0.3 is 10.4 Å². The molecule has 1 aliphatic rings. The number of carboxylic acids is 1. The van der Waals surface area contributed by atoms with Crippen molar-refractivity contribution >= 4 is 32.3 Å². The lowest BCUT2D eigenvalue weighted by Crippen LogP contribution is -2.17. The maximum atomic E-state index is 11.1. The molecule has 0 bridgehead atoms. The van der Waals surface area contributed by atoms with Gasteiger partial charge in [-0.2, -0.15) is 0 Å². The first-order valence-electron chi connectivity index (χ1n) is 6.01. The molecular formula is C11H16N2O4S2. The van der Waals surface area contributed by atoms with Gasteiger partial charge in [-0.25, -0.2) is 13.4 Å². The van der Waals surface area contributed by atoms with E-state index >= 15 is 0 Å². The summed E-state index contributed by atoms with van der Waals surface area (Å²) in [6.45, 7) is 0.295. The quantitative estimate of drug-likeness (QED) is 0.845. The van der Waals surface area contributed by atoms with E-state index in [0.717, 1.165) is 17.7 Å². The van der Waals surface area contributed by atoms with Crippen LogP contribution in [-0.2, 0) is 21.1 Å². The van der Waals surface area contributed by atoms with Gasteiger partial charge in [0.2, 0.25) is 0 Å². The third kappa shape index (κ3) is 3.66. The Morgan fingerprint density at radius 2 is 2.32 bits per heavy atom. The lowest BCUT2D eigenvalue weighted by atomic mass is 9.91. The molecule has 0 aromatic carbocycles. The molecule has 106 valence electrons. The van der Waals surface area contributed by atoms with Crippen LogP contribution in [0.5, 0.6) is 0 Å². The Bertz CT molecular complexity index is 580. The molecule has 2 N–H and O–H groups in total. The maximum Gasteiger partial charge on any atom is 0.312 e. The molecular weight excluding hydrogens is 288 g/mol. The summed E-state index contributed by atoms with van der Waals surface area (Å²) in [5.41, 5.74) is 0.644. The highest BCUT2D eigenvalue weighted by Gasteiger charge is 2.29. The lowest BCUT2D eigenvalue weighted by Gasteiger charge is -2.16. The second-order valence-corrected chi connectivity index (χ2v) is 8.01. The molecule has 6 nitrogen and oxygen atoms in total. The number of aryl methyl sites for hydroxylation is 1. The first-order valence-corrected chi connectivity index (χ1v) is 8.88. The van der Waals surface area contributed by atoms with E-state index in [2.05, 4.69) is 10.3 Å². The number of hydrogen-bond acceptors (Lipinski definition) is 6. The summed E-state index contributed by atoms with van der Waals surface area (Å²) in [6.07, 6.45) is 3.51. The molecule has 0 spiro atoms. The minimum absolute atomic E-state index is 0.0413. The van der Waals surface area contributed by atoms with E-state index < -0.39 is 21.7 Å². The first kappa shape index (κ1) is 14.3. The highest BCUT2D eigenvalue weighted by Crippen LogP contribution is 2.36. The molecule has 0 saturated heterocycles. The van der Waals surface area contributed by atoms with Gasteiger partial charge in [0.1, 0.15) is 15.8 Å². The van der Waals surface area contributed by atoms with Gasteiger partial charge in [0.15, 0.2) is 5.13 Å². The van der Waals surface area contributed by atoms with Crippen molar-refractivity contribution in [2.75, 3.05) is 23.9 Å². The van der Waals surface area contributed by atoms with E-state index in [9.17, 15) is 13.2 Å². The van der Waals surface area contributed by atoms with E-state index in [4.69, 9.17) is 5.11 Å². The van der Waals surface area contributed by atoms with Crippen LogP contribution in [0, 0.1) is 0 Å². The predicted octanol–water partition coefficient (Wildman–Crippen LogP) is 1.10. The zero-order valence-corrected chi connectivity index (χ0v) is 12.2. The second-order valence-electron chi connectivity index (χ2n) is 4.67. The van der Waals surface area contributed by atoms with E-state index in [1.165, 1.54) is 17.6 Å². The van der Waals surface area contributed by atoms with Crippen LogP contribution in [0.15, 0.2) is 0 Å². The number of carboxylic acid groups (broad SMARTS) is 1. The number of rotatable bonds is 5. The van der Waals surface area contributed by atoms with Crippen LogP contribution in [-0.4, -0.2) is 43.0 Å². The summed E-state index contributed by atoms with van der Waals surface area (Å²) < 4.78 is 22.0. The average Bonchev–Trinajstić information content (AvgIpc) is 2.68. The van der Waals surface area contributed by atoms with Crippen molar-refractivity contribution in [2.24, 2.45) is 0 Å². The van der Waals surface area contributed by atoms with Gasteiger partial charge in [0.05, 0.1) is 11.4 Å². The number of thiazole rings is 1. The van der Waals surface area contributed by atoms with Crippen molar-refractivity contribution in [1.82, 2.24) is 4.98 Å². The van der Waals surface area contributed by atoms with Crippen LogP contribution >= 0.6 is 11.3 Å². The van der Waals surface area contributed by atoms with Gasteiger partial charge in [0.25, 0.3) is 0 Å². The Kier molecular flexibility index (Phi) is 4.10. The Balaban J connectivity index is 2.07. The maximum absolute atomic E-state index is 11.1. The zero-order valence-electron chi connectivity index (χ0n) is 10.5. The number of sulfone groups is 1. The number of nitrogens with one attached hydrogen (secondary N) is 1. The topological polar surface area (TPSA) is 96.4 Å². The Morgan fingerprint density at radius 3 is 2.95 bits per heavy atom. The van der Waals surface area contributed by atoms with Crippen molar-refractivity contribution in [2.45, 2.75) is 25.2 Å². The molecule has 1 atom stereocenters. The summed E-state index contributed by atoms with van der Waals surface area (Å²) in [5.74, 6) is -1.32. The third-order valence-electron chi connectivity index (χ3n) is 3.00. The van der Waals surface area contributed by atoms with Crippen molar-refractivity contribution < 1.29 is 18.3 Å². The number of hydrogen-bond donors (Lipinski definition) is 2. The molecule has 0 radical (unpaired) electrons. The van der Waals surface area contributed by atoms with Crippen LogP contribution in [0.1, 0.15) is 29.3 Å². The number of fused-ring (bicyclic) bond motifs is 1. The average molecular weight is 304 g/mol. The smallest absolute Gasteiger partial charge is 0.312 e. The predicted molar refractivity (Wildman–Crippen MR) is 73.6 cm³/mol. The van der Waals surface area contributed by atoms with Gasteiger partial charge in [-0.05, 0) is 19.3 Å². The van der Waals surface area contributed by atoms with Gasteiger partial charge in [-0.1, -0.05) is 0 Å². The molecule has 1 aromatic rings. The molecule has 0 saturated carbocycles. The summed E-state index contributed by atoms with van der Waals surface area (Å²) in [4.78, 5) is 16.4. The second kappa shape index (κ2) is 5.46. The summed E-state index contributed by atoms with van der Waals surface area (Å²) in [7, 11) is -3.00. The number of aromatic nitrogens is 1. The minimum Gasteiger partial charge on any atom is -0.481 e. The summed E-state index contributed by atoms with van der Waals surface area (Å²) in [5, 5.41) is 12.7. The van der Waals surface area contributed by atoms with Gasteiger partial charge in [-0.3, -0.25) is 4.79 Å². The number of carbonyl (C=O) groups is 1. The van der Waals surface area contributed by atoms with Crippen molar-refractivity contribution in [3.8, 4) is 0 Å². The standard InChI is InChI=1S/C11H16N2O4S2/c1-19(16,17)6-5-12-11-13-9-7(10(14)15)3-2-4-8(9)18-11/h7H,2-6H2,1H3,(H,12,13)(H,14,15). The molecule has 8 heteroatoms. The lowest BCUT2D eigenvalue weighted by molar-refractivity contribution is -0.139. The fourth-order valence-corrected chi connectivity index (χ4v) is 3.64. The van der Waals surface area contributed by atoms with Crippen LogP contribution in [0.2, 0.25) is 0 Å². The SMILES string of the molecule is CS(=O)(=O)CCNc1nc2c(s1)CCCC2C(=O)O. The van der Waals surface area contributed by atoms with Crippen molar-refractivity contribution in [1.29, 1.82) is 0 Å². The highest BCUT2D eigenvalue weighted by atomic mass is 32.2. The summed E-state index contributed by atoms with van der Waals surface area (Å²) in [6, 6.07) is 0. The monoisotopic (exact) mass is 304 g/mol. The Hall–Kier alpha value is -1.15. The molecule has 0 aliphatic heterocycles. The van der Waals surface area contributed by atoms with E-state index in [-0.39, 0.29) is 5.75 Å². The molecule has 0 fully saturated rings. The molecule has 19 heavy (non-hydrogen) atoms. The molecule has 2 rings (SSSR count). The largest absolute Gasteiger partial charge is 0.481 e. The highest BCUT2D eigenvalue weighted by molar-refractivity contribution is 7.90. The molecule has 1 aliphatic carbocycles.